The van der Waals surface area contributed by atoms with Gasteiger partial charge in [-0.05, 0) is 38.2 Å². The molecule has 0 amide bonds. The van der Waals surface area contributed by atoms with E-state index in [1.54, 1.807) is 0 Å². The van der Waals surface area contributed by atoms with Crippen LogP contribution in [0.25, 0.3) is 0 Å². The first-order valence-corrected chi connectivity index (χ1v) is 8.43. The molecule has 2 saturated heterocycles. The third-order valence-corrected chi connectivity index (χ3v) is 4.87. The van der Waals surface area contributed by atoms with Crippen molar-refractivity contribution in [3.63, 3.8) is 0 Å². The molecule has 3 atom stereocenters. The van der Waals surface area contributed by atoms with Crippen LogP contribution in [0.3, 0.4) is 0 Å². The summed E-state index contributed by atoms with van der Waals surface area (Å²) < 4.78 is 5.58. The molecule has 0 unspecified atom stereocenters. The van der Waals surface area contributed by atoms with E-state index >= 15 is 0 Å². The Morgan fingerprint density at radius 2 is 2.05 bits per heavy atom. The molecule has 1 aromatic carbocycles. The SMILES string of the molecule is C[C@@H]1C[C@@H](N[C@@H]2CCCOC2)CCN1Cc1ccccc1. The number of ether oxygens (including phenoxy) is 1. The van der Waals surface area contributed by atoms with Crippen molar-refractivity contribution >= 4 is 0 Å². The summed E-state index contributed by atoms with van der Waals surface area (Å²) in [5.74, 6) is 0. The van der Waals surface area contributed by atoms with Crippen LogP contribution in [0.5, 0.6) is 0 Å². The number of benzene rings is 1. The summed E-state index contributed by atoms with van der Waals surface area (Å²) in [7, 11) is 0. The normalized spacial score (nSPS) is 31.2. The fourth-order valence-electron chi connectivity index (χ4n) is 3.63. The summed E-state index contributed by atoms with van der Waals surface area (Å²) in [6, 6.07) is 12.7. The summed E-state index contributed by atoms with van der Waals surface area (Å²) in [5.41, 5.74) is 1.43. The fraction of sp³-hybridized carbons (Fsp3) is 0.667. The van der Waals surface area contributed by atoms with Gasteiger partial charge in [-0.15, -0.1) is 0 Å². The maximum Gasteiger partial charge on any atom is 0.0619 e. The van der Waals surface area contributed by atoms with Crippen LogP contribution in [-0.4, -0.2) is 42.8 Å². The topological polar surface area (TPSA) is 24.5 Å². The Hall–Kier alpha value is -0.900. The van der Waals surface area contributed by atoms with Crippen molar-refractivity contribution in [1.82, 2.24) is 10.2 Å². The first-order chi connectivity index (χ1) is 10.3. The zero-order valence-electron chi connectivity index (χ0n) is 13.1. The molecule has 0 aliphatic carbocycles. The van der Waals surface area contributed by atoms with Crippen LogP contribution in [0.15, 0.2) is 30.3 Å². The average Bonchev–Trinajstić information content (AvgIpc) is 2.52. The molecule has 0 bridgehead atoms. The second-order valence-electron chi connectivity index (χ2n) is 6.61. The summed E-state index contributed by atoms with van der Waals surface area (Å²) in [4.78, 5) is 2.62. The van der Waals surface area contributed by atoms with Crippen molar-refractivity contribution in [2.75, 3.05) is 19.8 Å². The van der Waals surface area contributed by atoms with Crippen molar-refractivity contribution in [3.05, 3.63) is 35.9 Å². The Kier molecular flexibility index (Phi) is 5.28. The maximum absolute atomic E-state index is 5.58. The monoisotopic (exact) mass is 288 g/mol. The minimum atomic E-state index is 0.580. The number of nitrogens with zero attached hydrogens (tertiary/aromatic N) is 1. The summed E-state index contributed by atoms with van der Waals surface area (Å²) >= 11 is 0. The lowest BCUT2D eigenvalue weighted by Gasteiger charge is -2.40. The average molecular weight is 288 g/mol. The molecule has 2 aliphatic heterocycles. The Balaban J connectivity index is 1.47. The first kappa shape index (κ1) is 15.0. The molecule has 3 nitrogen and oxygen atoms in total. The van der Waals surface area contributed by atoms with Gasteiger partial charge in [-0.1, -0.05) is 30.3 Å². The summed E-state index contributed by atoms with van der Waals surface area (Å²) in [5, 5.41) is 3.82. The van der Waals surface area contributed by atoms with E-state index in [2.05, 4.69) is 47.5 Å². The molecule has 3 heteroatoms. The van der Waals surface area contributed by atoms with Crippen molar-refractivity contribution in [2.24, 2.45) is 0 Å². The van der Waals surface area contributed by atoms with E-state index in [1.807, 2.05) is 0 Å². The third kappa shape index (κ3) is 4.29. The quantitative estimate of drug-likeness (QED) is 0.922. The molecule has 2 heterocycles. The highest BCUT2D eigenvalue weighted by molar-refractivity contribution is 5.14. The fourth-order valence-corrected chi connectivity index (χ4v) is 3.63. The number of likely N-dealkylation sites (tertiary alicyclic amines) is 1. The highest BCUT2D eigenvalue weighted by Gasteiger charge is 2.27. The highest BCUT2D eigenvalue weighted by Crippen LogP contribution is 2.21. The van der Waals surface area contributed by atoms with Gasteiger partial charge in [0.2, 0.25) is 0 Å². The lowest BCUT2D eigenvalue weighted by atomic mass is 9.96. The molecule has 0 aromatic heterocycles. The van der Waals surface area contributed by atoms with Gasteiger partial charge in [0.1, 0.15) is 0 Å². The second kappa shape index (κ2) is 7.39. The predicted octanol–water partition coefficient (Wildman–Crippen LogP) is 2.81. The van der Waals surface area contributed by atoms with Crippen molar-refractivity contribution in [2.45, 2.75) is 57.3 Å². The lowest BCUT2D eigenvalue weighted by molar-refractivity contribution is 0.0556. The second-order valence-corrected chi connectivity index (χ2v) is 6.61. The van der Waals surface area contributed by atoms with Crippen molar-refractivity contribution in [1.29, 1.82) is 0 Å². The largest absolute Gasteiger partial charge is 0.380 e. The number of rotatable bonds is 4. The van der Waals surface area contributed by atoms with Crippen LogP contribution in [-0.2, 0) is 11.3 Å². The molecule has 0 saturated carbocycles. The van der Waals surface area contributed by atoms with Gasteiger partial charge < -0.3 is 10.1 Å². The highest BCUT2D eigenvalue weighted by atomic mass is 16.5. The lowest BCUT2D eigenvalue weighted by Crippen LogP contribution is -2.51. The van der Waals surface area contributed by atoms with Gasteiger partial charge in [-0.3, -0.25) is 4.90 Å². The standard InChI is InChI=1S/C18H28N2O/c1-15-12-17(19-18-8-5-11-21-14-18)9-10-20(15)13-16-6-3-2-4-7-16/h2-4,6-7,15,17-19H,5,8-14H2,1H3/t15-,17+,18-/m1/s1. The Morgan fingerprint density at radius 3 is 2.76 bits per heavy atom. The summed E-state index contributed by atoms with van der Waals surface area (Å²) in [6.45, 7) is 6.50. The van der Waals surface area contributed by atoms with Crippen LogP contribution in [0, 0.1) is 0 Å². The van der Waals surface area contributed by atoms with E-state index in [4.69, 9.17) is 4.74 Å². The van der Waals surface area contributed by atoms with Gasteiger partial charge in [0.05, 0.1) is 6.61 Å². The molecular weight excluding hydrogens is 260 g/mol. The Labute approximate surface area is 128 Å². The van der Waals surface area contributed by atoms with Gasteiger partial charge in [0.25, 0.3) is 0 Å². The van der Waals surface area contributed by atoms with Gasteiger partial charge in [0.15, 0.2) is 0 Å². The molecule has 0 radical (unpaired) electrons. The zero-order valence-corrected chi connectivity index (χ0v) is 13.1. The maximum atomic E-state index is 5.58. The Morgan fingerprint density at radius 1 is 1.19 bits per heavy atom. The predicted molar refractivity (Wildman–Crippen MR) is 86.3 cm³/mol. The van der Waals surface area contributed by atoms with Gasteiger partial charge in [0, 0.05) is 37.8 Å². The van der Waals surface area contributed by atoms with Crippen LogP contribution < -0.4 is 5.32 Å². The van der Waals surface area contributed by atoms with Crippen molar-refractivity contribution in [3.8, 4) is 0 Å². The minimum Gasteiger partial charge on any atom is -0.380 e. The van der Waals surface area contributed by atoms with Crippen LogP contribution >= 0.6 is 0 Å². The molecule has 2 fully saturated rings. The first-order valence-electron chi connectivity index (χ1n) is 8.43. The Bertz CT molecular complexity index is 416. The molecule has 2 aliphatic rings. The van der Waals surface area contributed by atoms with Crippen LogP contribution in [0.2, 0.25) is 0 Å². The zero-order chi connectivity index (χ0) is 14.5. The molecule has 3 rings (SSSR count). The van der Waals surface area contributed by atoms with Gasteiger partial charge >= 0.3 is 0 Å². The molecular formula is C18H28N2O. The molecule has 21 heavy (non-hydrogen) atoms. The molecule has 116 valence electrons. The van der Waals surface area contributed by atoms with Crippen LogP contribution in [0.1, 0.15) is 38.2 Å². The van der Waals surface area contributed by atoms with Crippen molar-refractivity contribution < 1.29 is 4.74 Å². The third-order valence-electron chi connectivity index (χ3n) is 4.87. The summed E-state index contributed by atoms with van der Waals surface area (Å²) in [6.07, 6.45) is 5.00. The molecule has 1 N–H and O–H groups in total. The molecule has 0 spiro atoms. The number of hydrogen-bond donors (Lipinski definition) is 1. The smallest absolute Gasteiger partial charge is 0.0619 e. The number of nitrogens with one attached hydrogen (secondary N) is 1. The van der Waals surface area contributed by atoms with E-state index in [0.717, 1.165) is 19.8 Å². The van der Waals surface area contributed by atoms with Gasteiger partial charge in [-0.25, -0.2) is 0 Å². The number of piperidine rings is 1. The number of hydrogen-bond acceptors (Lipinski definition) is 3. The minimum absolute atomic E-state index is 0.580. The van der Waals surface area contributed by atoms with E-state index in [9.17, 15) is 0 Å². The van der Waals surface area contributed by atoms with Gasteiger partial charge in [-0.2, -0.15) is 0 Å². The van der Waals surface area contributed by atoms with E-state index in [0.29, 0.717) is 18.1 Å². The van der Waals surface area contributed by atoms with E-state index < -0.39 is 0 Å². The van der Waals surface area contributed by atoms with E-state index in [1.165, 1.54) is 37.8 Å². The van der Waals surface area contributed by atoms with Crippen LogP contribution in [0.4, 0.5) is 0 Å². The van der Waals surface area contributed by atoms with E-state index in [-0.39, 0.29) is 0 Å². The molecule has 1 aromatic rings.